The zero-order valence-corrected chi connectivity index (χ0v) is 73.6. The van der Waals surface area contributed by atoms with Crippen molar-refractivity contribution in [1.29, 1.82) is 0 Å². The van der Waals surface area contributed by atoms with Crippen LogP contribution in [0.3, 0.4) is 0 Å². The SMILES string of the molecule is COc1cc(C2=C(c3c[nH]c4ccccc34)C(=O)CC2=O)cc(OC)c1O.COc1cc(C2=C(c3cn(CCCO)c4ccccc34)C(=O)CC2=O)cc(OC)c1OC.COc1cc(C2=C(c3cn(CCO)c4ccccc34)C(=O)CC2=O)cc(OC)c1OC.COc1cc(C2=C(c3cn(CCOC(=O)C(N)CC(C)C)c4ccccc34)C(=O)CC2=O)cc(OC)c1OC. The van der Waals surface area contributed by atoms with Crippen LogP contribution < -0.4 is 57.8 Å². The van der Waals surface area contributed by atoms with Crippen LogP contribution in [0.4, 0.5) is 0 Å². The fourth-order valence-corrected chi connectivity index (χ4v) is 17.0. The first-order valence-corrected chi connectivity index (χ1v) is 41.4. The van der Waals surface area contributed by atoms with Crippen LogP contribution in [-0.4, -0.2) is 190 Å². The number of allylic oxidation sites excluding steroid dienone is 8. The van der Waals surface area contributed by atoms with Gasteiger partial charge in [0.2, 0.25) is 23.0 Å². The summed E-state index contributed by atoms with van der Waals surface area (Å²) in [5.41, 5.74) is 17.0. The number of methoxy groups -OCH3 is 11. The van der Waals surface area contributed by atoms with Gasteiger partial charge in [0.05, 0.1) is 117 Å². The largest absolute Gasteiger partial charge is 0.502 e. The molecule has 0 aliphatic heterocycles. The summed E-state index contributed by atoms with van der Waals surface area (Å²) < 4.78 is 70.5. The van der Waals surface area contributed by atoms with Crippen LogP contribution in [0, 0.1) is 5.92 Å². The van der Waals surface area contributed by atoms with Crippen molar-refractivity contribution < 1.29 is 115 Å². The lowest BCUT2D eigenvalue weighted by molar-refractivity contribution is -0.146. The highest BCUT2D eigenvalue weighted by molar-refractivity contribution is 6.54. The van der Waals surface area contributed by atoms with E-state index in [1.807, 2.05) is 143 Å². The number of rotatable bonds is 30. The number of esters is 1. The zero-order chi connectivity index (χ0) is 92.3. The third-order valence-electron chi connectivity index (χ3n) is 22.7. The number of hydrogen-bond donors (Lipinski definition) is 5. The molecular weight excluding hydrogens is 1660 g/mol. The maximum Gasteiger partial charge on any atom is 0.322 e. The van der Waals surface area contributed by atoms with E-state index >= 15 is 0 Å². The van der Waals surface area contributed by atoms with Gasteiger partial charge in [0.1, 0.15) is 12.6 Å². The average molecular weight is 1750 g/mol. The molecule has 0 radical (unpaired) electrons. The van der Waals surface area contributed by atoms with E-state index in [1.165, 1.54) is 78.2 Å². The molecule has 8 aromatic carbocycles. The van der Waals surface area contributed by atoms with Gasteiger partial charge in [0.15, 0.2) is 92.3 Å². The summed E-state index contributed by atoms with van der Waals surface area (Å²) >= 11 is 0. The van der Waals surface area contributed by atoms with E-state index in [2.05, 4.69) is 4.98 Å². The van der Waals surface area contributed by atoms with Gasteiger partial charge in [0, 0.05) is 155 Å². The number of phenolic OH excluding ortho intramolecular Hbond substituents is 1. The van der Waals surface area contributed by atoms with Gasteiger partial charge in [-0.25, -0.2) is 0 Å². The highest BCUT2D eigenvalue weighted by Gasteiger charge is 2.40. The van der Waals surface area contributed by atoms with Crippen LogP contribution in [0.15, 0.2) is 170 Å². The van der Waals surface area contributed by atoms with Crippen LogP contribution in [-0.2, 0) is 67.5 Å². The standard InChI is InChI=1S/C30H34N2O7.C25H25NO6.C24H23NO6.C21H17NO5/c1-17(2)12-21(31)30(35)39-11-10-32-16-20(19-8-6-7-9-22(19)32)28-24(34)15-23(33)27(28)18-13-25(36-3)29(38-5)26(14-18)37-4;1-30-21-11-15(12-22(31-2)25(21)32-3)23-19(28)13-20(29)24(23)17-14-26(9-6-10-27)18-8-5-4-7-16(17)18;1-29-20-10-14(11-21(30-2)24(20)31-3)22-18(27)12-19(28)23(22)16-13-25(8-9-26)17-7-5-4-6-15(16)17;1-26-17-7-11(8-18(27-2)21(17)25)19-15(23)9-16(24)20(19)13-10-22-14-6-4-3-5-12(13)14/h6-9,13-14,16-17,21H,10-12,15,31H2,1-5H3;4-5,7-8,11-12,14,27H,6,9-10,13H2,1-3H3;4-7,10-11,13,26H,8-9,12H2,1-3H3;3-8,10,22,25H,9H2,1-2H3. The molecule has 4 heterocycles. The van der Waals surface area contributed by atoms with Crippen LogP contribution in [0.2, 0.25) is 0 Å². The van der Waals surface area contributed by atoms with Crippen molar-refractivity contribution in [3.63, 3.8) is 0 Å². The van der Waals surface area contributed by atoms with E-state index in [1.54, 1.807) is 54.7 Å². The number of carbonyl (C=O) groups excluding carboxylic acids is 9. The molecule has 29 nitrogen and oxygen atoms in total. The van der Waals surface area contributed by atoms with E-state index in [0.717, 1.165) is 43.6 Å². The van der Waals surface area contributed by atoms with Gasteiger partial charge in [-0.05, 0) is 114 Å². The van der Waals surface area contributed by atoms with Gasteiger partial charge in [-0.1, -0.05) is 86.6 Å². The van der Waals surface area contributed by atoms with Gasteiger partial charge in [-0.15, -0.1) is 0 Å². The number of nitrogens with zero attached hydrogens (tertiary/aromatic N) is 3. The number of aromatic nitrogens is 4. The van der Waals surface area contributed by atoms with Crippen molar-refractivity contribution in [1.82, 2.24) is 18.7 Å². The fraction of sp³-hybridized carbons (Fsp3) is 0.270. The first-order valence-electron chi connectivity index (χ1n) is 41.4. The number of aromatic hydroxyl groups is 1. The molecule has 6 N–H and O–H groups in total. The fourth-order valence-electron chi connectivity index (χ4n) is 17.0. The molecule has 0 bridgehead atoms. The van der Waals surface area contributed by atoms with Crippen molar-refractivity contribution in [3.8, 4) is 69.0 Å². The van der Waals surface area contributed by atoms with Crippen LogP contribution in [0.1, 0.15) is 96.9 Å². The van der Waals surface area contributed by atoms with Gasteiger partial charge in [-0.2, -0.15) is 0 Å². The van der Waals surface area contributed by atoms with E-state index in [-0.39, 0.29) is 115 Å². The molecule has 0 saturated carbocycles. The molecule has 0 saturated heterocycles. The number of carbonyl (C=O) groups is 9. The quantitative estimate of drug-likeness (QED) is 0.0206. The number of fused-ring (bicyclic) bond motifs is 4. The minimum Gasteiger partial charge on any atom is -0.502 e. The minimum atomic E-state index is -0.671. The molecule has 4 aromatic heterocycles. The normalized spacial score (nSPS) is 14.1. The molecule has 16 rings (SSSR count). The second-order valence-corrected chi connectivity index (χ2v) is 30.8. The first kappa shape index (κ1) is 91.9. The molecule has 0 spiro atoms. The molecule has 0 amide bonds. The second kappa shape index (κ2) is 40.2. The van der Waals surface area contributed by atoms with Crippen molar-refractivity contribution in [2.24, 2.45) is 11.7 Å². The Balaban J connectivity index is 0.000000148. The van der Waals surface area contributed by atoms with Gasteiger partial charge in [0.25, 0.3) is 0 Å². The minimum absolute atomic E-state index is 0.0379. The summed E-state index contributed by atoms with van der Waals surface area (Å²) in [5, 5.41) is 32.3. The number of aliphatic hydroxyl groups excluding tert-OH is 2. The number of aromatic amines is 1. The summed E-state index contributed by atoms with van der Waals surface area (Å²) in [6.45, 7) is 5.49. The van der Waals surface area contributed by atoms with Crippen molar-refractivity contribution in [2.75, 3.05) is 98.0 Å². The van der Waals surface area contributed by atoms with Crippen molar-refractivity contribution >= 4 is 140 Å². The van der Waals surface area contributed by atoms with Crippen LogP contribution >= 0.6 is 0 Å². The Morgan fingerprint density at radius 1 is 0.372 bits per heavy atom. The van der Waals surface area contributed by atoms with Gasteiger partial charge >= 0.3 is 5.97 Å². The van der Waals surface area contributed by atoms with Crippen molar-refractivity contribution in [3.05, 3.63) is 215 Å². The number of para-hydroxylation sites is 4. The van der Waals surface area contributed by atoms with Gasteiger partial charge in [-0.3, -0.25) is 43.2 Å². The number of benzene rings is 8. The third-order valence-corrected chi connectivity index (χ3v) is 22.7. The maximum absolute atomic E-state index is 13.3. The Morgan fingerprint density at radius 2 is 0.667 bits per heavy atom. The maximum atomic E-state index is 13.3. The highest BCUT2D eigenvalue weighted by Crippen LogP contribution is 2.51. The molecular formula is C100H99N5O24. The summed E-state index contributed by atoms with van der Waals surface area (Å²) in [7, 11) is 16.3. The number of ether oxygens (including phenoxy) is 12. The Labute approximate surface area is 742 Å². The monoisotopic (exact) mass is 1750 g/mol. The number of H-pyrrole nitrogens is 1. The Kier molecular flexibility index (Phi) is 28.7. The molecule has 4 aliphatic carbocycles. The van der Waals surface area contributed by atoms with Gasteiger partial charge < -0.3 is 96.6 Å². The summed E-state index contributed by atoms with van der Waals surface area (Å²) in [5.74, 6) is 1.61. The summed E-state index contributed by atoms with van der Waals surface area (Å²) in [6, 6.07) is 43.1. The van der Waals surface area contributed by atoms with E-state index in [9.17, 15) is 58.5 Å². The molecule has 4 aliphatic rings. The number of aryl methyl sites for hydroxylation is 1. The summed E-state index contributed by atoms with van der Waals surface area (Å²) in [4.78, 5) is 119. The topological polar surface area (TPSA) is 382 Å². The predicted octanol–water partition coefficient (Wildman–Crippen LogP) is 14.0. The number of phenols is 1. The van der Waals surface area contributed by atoms with E-state index < -0.39 is 12.0 Å². The number of ketones is 8. The molecule has 668 valence electrons. The zero-order valence-electron chi connectivity index (χ0n) is 73.6. The van der Waals surface area contributed by atoms with E-state index in [4.69, 9.17) is 62.6 Å². The Hall–Kier alpha value is -14.8. The van der Waals surface area contributed by atoms with E-state index in [0.29, 0.717) is 173 Å². The summed E-state index contributed by atoms with van der Waals surface area (Å²) in [6.07, 6.45) is 7.63. The highest BCUT2D eigenvalue weighted by atomic mass is 16.6. The number of nitrogens with one attached hydrogen (secondary N) is 1. The molecule has 12 aromatic rings. The van der Waals surface area contributed by atoms with Crippen molar-refractivity contribution in [2.45, 2.75) is 78.0 Å². The first-order chi connectivity index (χ1) is 62.3. The number of nitrogens with two attached hydrogens (primary N) is 1. The number of hydrogen-bond acceptors (Lipinski definition) is 25. The smallest absolute Gasteiger partial charge is 0.322 e. The number of aliphatic hydroxyl groups is 2. The van der Waals surface area contributed by atoms with Crippen LogP contribution in [0.25, 0.3) is 88.2 Å². The molecule has 1 unspecified atom stereocenters. The third kappa shape index (κ3) is 18.2. The molecule has 0 fully saturated rings. The predicted molar refractivity (Wildman–Crippen MR) is 487 cm³/mol. The Bertz CT molecular complexity index is 6490. The van der Waals surface area contributed by atoms with Crippen LogP contribution in [0.5, 0.6) is 69.0 Å². The number of Topliss-reactive ketones (excluding diaryl/α,β-unsaturated/α-hetero) is 8. The molecule has 1 atom stereocenters. The lowest BCUT2D eigenvalue weighted by Crippen LogP contribution is -2.34. The lowest BCUT2D eigenvalue weighted by Gasteiger charge is -2.15. The molecule has 129 heavy (non-hydrogen) atoms. The lowest BCUT2D eigenvalue weighted by atomic mass is 9.95. The second-order valence-electron chi connectivity index (χ2n) is 30.8. The Morgan fingerprint density at radius 3 is 0.984 bits per heavy atom. The molecule has 29 heteroatoms. The average Bonchev–Trinajstić information content (AvgIpc) is 1.61.